The van der Waals surface area contributed by atoms with Gasteiger partial charge in [0.05, 0.1) is 6.10 Å². The van der Waals surface area contributed by atoms with E-state index in [0.717, 1.165) is 32.7 Å². The van der Waals surface area contributed by atoms with Gasteiger partial charge < -0.3 is 15.4 Å². The average Bonchev–Trinajstić information content (AvgIpc) is 2.72. The highest BCUT2D eigenvalue weighted by atomic mass is 16.5. The standard InChI is InChI=1S/C11H23N3O/c1-3-14(4-2)11(12)13-8-7-10-6-5-9-15-10/h10H,3-9H2,1-2H3,(H2,12,13). The summed E-state index contributed by atoms with van der Waals surface area (Å²) in [7, 11) is 0. The molecule has 4 nitrogen and oxygen atoms in total. The molecule has 0 aromatic heterocycles. The highest BCUT2D eigenvalue weighted by molar-refractivity contribution is 5.77. The summed E-state index contributed by atoms with van der Waals surface area (Å²) in [5.74, 6) is 0.665. The molecule has 2 N–H and O–H groups in total. The third kappa shape index (κ3) is 4.08. The number of ether oxygens (including phenoxy) is 1. The number of nitrogens with two attached hydrogens (primary N) is 1. The maximum Gasteiger partial charge on any atom is 0.191 e. The Morgan fingerprint density at radius 3 is 2.73 bits per heavy atom. The number of guanidine groups is 1. The molecule has 1 saturated heterocycles. The van der Waals surface area contributed by atoms with Crippen molar-refractivity contribution < 1.29 is 4.74 Å². The topological polar surface area (TPSA) is 50.8 Å². The molecule has 1 unspecified atom stereocenters. The zero-order valence-electron chi connectivity index (χ0n) is 9.91. The second-order valence-corrected chi connectivity index (χ2v) is 3.84. The van der Waals surface area contributed by atoms with Crippen molar-refractivity contribution >= 4 is 5.96 Å². The molecule has 4 heteroatoms. The van der Waals surface area contributed by atoms with Crippen LogP contribution in [-0.2, 0) is 4.74 Å². The van der Waals surface area contributed by atoms with Crippen LogP contribution in [0, 0.1) is 0 Å². The molecule has 0 aromatic rings. The van der Waals surface area contributed by atoms with Crippen molar-refractivity contribution in [3.8, 4) is 0 Å². The summed E-state index contributed by atoms with van der Waals surface area (Å²) in [6.07, 6.45) is 3.79. The third-order valence-corrected chi connectivity index (χ3v) is 2.84. The Hall–Kier alpha value is -0.770. The van der Waals surface area contributed by atoms with Crippen molar-refractivity contribution in [1.29, 1.82) is 0 Å². The molecule has 1 rings (SSSR count). The molecule has 1 aliphatic rings. The fraction of sp³-hybridized carbons (Fsp3) is 0.909. The molecule has 0 spiro atoms. The van der Waals surface area contributed by atoms with E-state index in [9.17, 15) is 0 Å². The molecule has 0 saturated carbocycles. The minimum Gasteiger partial charge on any atom is -0.378 e. The predicted molar refractivity (Wildman–Crippen MR) is 63.0 cm³/mol. The smallest absolute Gasteiger partial charge is 0.191 e. The normalized spacial score (nSPS) is 22.0. The summed E-state index contributed by atoms with van der Waals surface area (Å²) in [4.78, 5) is 6.43. The fourth-order valence-corrected chi connectivity index (χ4v) is 1.84. The van der Waals surface area contributed by atoms with Gasteiger partial charge in [0.1, 0.15) is 0 Å². The maximum absolute atomic E-state index is 5.86. The summed E-state index contributed by atoms with van der Waals surface area (Å²) in [6.45, 7) is 7.72. The lowest BCUT2D eigenvalue weighted by Gasteiger charge is -2.19. The van der Waals surface area contributed by atoms with E-state index in [0.29, 0.717) is 12.1 Å². The Labute approximate surface area is 92.5 Å². The Kier molecular flexibility index (Phi) is 5.47. The van der Waals surface area contributed by atoms with Crippen molar-refractivity contribution in [2.45, 2.75) is 39.2 Å². The number of aliphatic imine (C=N–C) groups is 1. The Balaban J connectivity index is 2.23. The van der Waals surface area contributed by atoms with E-state index in [4.69, 9.17) is 10.5 Å². The van der Waals surface area contributed by atoms with Crippen molar-refractivity contribution in [2.75, 3.05) is 26.2 Å². The molecule has 88 valence electrons. The van der Waals surface area contributed by atoms with Crippen LogP contribution in [0.4, 0.5) is 0 Å². The van der Waals surface area contributed by atoms with Crippen molar-refractivity contribution in [3.63, 3.8) is 0 Å². The van der Waals surface area contributed by atoms with Crippen LogP contribution in [0.3, 0.4) is 0 Å². The number of nitrogens with zero attached hydrogens (tertiary/aromatic N) is 2. The highest BCUT2D eigenvalue weighted by Gasteiger charge is 2.14. The zero-order valence-corrected chi connectivity index (χ0v) is 9.91. The molecule has 1 fully saturated rings. The lowest BCUT2D eigenvalue weighted by Crippen LogP contribution is -2.37. The van der Waals surface area contributed by atoms with E-state index < -0.39 is 0 Å². The third-order valence-electron chi connectivity index (χ3n) is 2.84. The first-order valence-electron chi connectivity index (χ1n) is 5.94. The van der Waals surface area contributed by atoms with Crippen LogP contribution in [0.5, 0.6) is 0 Å². The van der Waals surface area contributed by atoms with Crippen LogP contribution in [0.1, 0.15) is 33.1 Å². The maximum atomic E-state index is 5.86. The van der Waals surface area contributed by atoms with Crippen LogP contribution in [0.15, 0.2) is 4.99 Å². The SMILES string of the molecule is CCN(CC)C(N)=NCCC1CCCO1. The second-order valence-electron chi connectivity index (χ2n) is 3.84. The van der Waals surface area contributed by atoms with Crippen LogP contribution in [0.25, 0.3) is 0 Å². The first-order valence-corrected chi connectivity index (χ1v) is 5.94. The van der Waals surface area contributed by atoms with Gasteiger partial charge in [-0.25, -0.2) is 0 Å². The molecule has 0 aliphatic carbocycles. The lowest BCUT2D eigenvalue weighted by molar-refractivity contribution is 0.106. The van der Waals surface area contributed by atoms with Gasteiger partial charge in [-0.15, -0.1) is 0 Å². The summed E-state index contributed by atoms with van der Waals surface area (Å²) in [5, 5.41) is 0. The summed E-state index contributed by atoms with van der Waals surface area (Å²) < 4.78 is 5.52. The van der Waals surface area contributed by atoms with Crippen LogP contribution in [-0.4, -0.2) is 43.2 Å². The Bertz CT molecular complexity index is 196. The van der Waals surface area contributed by atoms with Crippen LogP contribution >= 0.6 is 0 Å². The quantitative estimate of drug-likeness (QED) is 0.551. The summed E-state index contributed by atoms with van der Waals surface area (Å²) in [5.41, 5.74) is 5.86. The average molecular weight is 213 g/mol. The van der Waals surface area contributed by atoms with E-state index in [1.54, 1.807) is 0 Å². The van der Waals surface area contributed by atoms with E-state index in [1.807, 2.05) is 0 Å². The van der Waals surface area contributed by atoms with Gasteiger partial charge in [0.15, 0.2) is 5.96 Å². The number of hydrogen-bond donors (Lipinski definition) is 1. The first-order chi connectivity index (χ1) is 7.27. The largest absolute Gasteiger partial charge is 0.378 e. The summed E-state index contributed by atoms with van der Waals surface area (Å²) >= 11 is 0. The van der Waals surface area contributed by atoms with Gasteiger partial charge in [0.2, 0.25) is 0 Å². The minimum absolute atomic E-state index is 0.415. The minimum atomic E-state index is 0.415. The molecular formula is C11H23N3O. The number of rotatable bonds is 5. The molecule has 0 bridgehead atoms. The molecule has 0 amide bonds. The van der Waals surface area contributed by atoms with Gasteiger partial charge in [-0.3, -0.25) is 4.99 Å². The summed E-state index contributed by atoms with van der Waals surface area (Å²) in [6, 6.07) is 0. The van der Waals surface area contributed by atoms with Gasteiger partial charge in [-0.05, 0) is 33.1 Å². The van der Waals surface area contributed by atoms with Gasteiger partial charge >= 0.3 is 0 Å². The monoisotopic (exact) mass is 213 g/mol. The van der Waals surface area contributed by atoms with Crippen molar-refractivity contribution in [2.24, 2.45) is 10.7 Å². The fourth-order valence-electron chi connectivity index (χ4n) is 1.84. The second kappa shape index (κ2) is 6.67. The van der Waals surface area contributed by atoms with E-state index in [1.165, 1.54) is 12.8 Å². The Morgan fingerprint density at radius 2 is 2.20 bits per heavy atom. The van der Waals surface area contributed by atoms with Gasteiger partial charge in [-0.1, -0.05) is 0 Å². The number of hydrogen-bond acceptors (Lipinski definition) is 2. The van der Waals surface area contributed by atoms with E-state index in [-0.39, 0.29) is 0 Å². The molecule has 15 heavy (non-hydrogen) atoms. The van der Waals surface area contributed by atoms with Crippen molar-refractivity contribution in [1.82, 2.24) is 4.90 Å². The van der Waals surface area contributed by atoms with E-state index >= 15 is 0 Å². The first kappa shape index (κ1) is 12.3. The van der Waals surface area contributed by atoms with Gasteiger partial charge in [-0.2, -0.15) is 0 Å². The van der Waals surface area contributed by atoms with Crippen LogP contribution < -0.4 is 5.73 Å². The molecular weight excluding hydrogens is 190 g/mol. The lowest BCUT2D eigenvalue weighted by atomic mass is 10.2. The molecule has 1 aliphatic heterocycles. The Morgan fingerprint density at radius 1 is 1.47 bits per heavy atom. The van der Waals surface area contributed by atoms with Crippen molar-refractivity contribution in [3.05, 3.63) is 0 Å². The molecule has 0 aromatic carbocycles. The predicted octanol–water partition coefficient (Wildman–Crippen LogP) is 1.21. The molecule has 0 radical (unpaired) electrons. The highest BCUT2D eigenvalue weighted by Crippen LogP contribution is 2.14. The molecule has 1 atom stereocenters. The van der Waals surface area contributed by atoms with Gasteiger partial charge in [0.25, 0.3) is 0 Å². The van der Waals surface area contributed by atoms with Crippen LogP contribution in [0.2, 0.25) is 0 Å². The van der Waals surface area contributed by atoms with E-state index in [2.05, 4.69) is 23.7 Å². The zero-order chi connectivity index (χ0) is 11.1. The van der Waals surface area contributed by atoms with Gasteiger partial charge in [0, 0.05) is 26.2 Å². The molecule has 1 heterocycles.